The van der Waals surface area contributed by atoms with E-state index in [0.717, 1.165) is 50.4 Å². The summed E-state index contributed by atoms with van der Waals surface area (Å²) < 4.78 is 0. The molecular weight excluding hydrogens is 376 g/mol. The number of rotatable bonds is 7. The zero-order valence-electron chi connectivity index (χ0n) is 17.7. The van der Waals surface area contributed by atoms with Crippen LogP contribution in [0.5, 0.6) is 0 Å². The third-order valence-electron chi connectivity index (χ3n) is 6.35. The van der Waals surface area contributed by atoms with Crippen molar-refractivity contribution in [3.63, 3.8) is 0 Å². The standard InChI is InChI=1S/C25H32N2O3/c1-18(2)25(28)20(19-8-4-3-5-9-19)12-14-27-15-13-26-16-23(27)22-17-29-30-24-11-7-6-10-21(22)24/h3-9,11,20,23,25-26,28H,1,10,12-17H2,2H3. The number of hydrogen-bond donors (Lipinski definition) is 2. The molecule has 4 rings (SSSR count). The molecule has 0 saturated carbocycles. The predicted octanol–water partition coefficient (Wildman–Crippen LogP) is 3.47. The molecule has 0 amide bonds. The summed E-state index contributed by atoms with van der Waals surface area (Å²) in [5.74, 6) is 0.875. The molecule has 1 aromatic rings. The van der Waals surface area contributed by atoms with Crippen LogP contribution >= 0.6 is 0 Å². The number of piperazine rings is 1. The molecular formula is C25H32N2O3. The monoisotopic (exact) mass is 408 g/mol. The maximum Gasteiger partial charge on any atom is 0.169 e. The van der Waals surface area contributed by atoms with E-state index in [1.165, 1.54) is 16.7 Å². The summed E-state index contributed by atoms with van der Waals surface area (Å²) in [6, 6.07) is 10.6. The van der Waals surface area contributed by atoms with Gasteiger partial charge in [0.25, 0.3) is 0 Å². The van der Waals surface area contributed by atoms with Crippen LogP contribution in [0.4, 0.5) is 0 Å². The number of aliphatic hydroxyl groups excluding tert-OH is 1. The van der Waals surface area contributed by atoms with Crippen LogP contribution in [0.2, 0.25) is 0 Å². The van der Waals surface area contributed by atoms with Crippen LogP contribution in [0.3, 0.4) is 0 Å². The lowest BCUT2D eigenvalue weighted by atomic mass is 9.86. The maximum atomic E-state index is 10.8. The van der Waals surface area contributed by atoms with Crippen molar-refractivity contribution < 1.29 is 14.9 Å². The Labute approximate surface area is 179 Å². The molecule has 0 radical (unpaired) electrons. The molecule has 3 unspecified atom stereocenters. The first-order valence-corrected chi connectivity index (χ1v) is 10.9. The summed E-state index contributed by atoms with van der Waals surface area (Å²) in [7, 11) is 0. The van der Waals surface area contributed by atoms with E-state index in [1.807, 2.05) is 37.3 Å². The van der Waals surface area contributed by atoms with Gasteiger partial charge >= 0.3 is 0 Å². The highest BCUT2D eigenvalue weighted by Gasteiger charge is 2.33. The second kappa shape index (κ2) is 9.75. The van der Waals surface area contributed by atoms with Gasteiger partial charge in [-0.15, -0.1) is 0 Å². The van der Waals surface area contributed by atoms with Crippen LogP contribution in [-0.4, -0.2) is 54.9 Å². The van der Waals surface area contributed by atoms with Gasteiger partial charge in [-0.05, 0) is 43.5 Å². The number of allylic oxidation sites excluding steroid dienone is 4. The molecule has 30 heavy (non-hydrogen) atoms. The summed E-state index contributed by atoms with van der Waals surface area (Å²) in [5, 5.41) is 14.4. The van der Waals surface area contributed by atoms with Gasteiger partial charge in [-0.2, -0.15) is 4.89 Å². The fraction of sp³-hybridized carbons (Fsp3) is 0.440. The predicted molar refractivity (Wildman–Crippen MR) is 119 cm³/mol. The molecule has 1 aliphatic carbocycles. The summed E-state index contributed by atoms with van der Waals surface area (Å²) in [6.07, 6.45) is 7.38. The van der Waals surface area contributed by atoms with Crippen molar-refractivity contribution in [1.29, 1.82) is 0 Å². The zero-order chi connectivity index (χ0) is 20.9. The molecule has 1 aromatic carbocycles. The van der Waals surface area contributed by atoms with Gasteiger partial charge < -0.3 is 15.3 Å². The zero-order valence-corrected chi connectivity index (χ0v) is 17.7. The quantitative estimate of drug-likeness (QED) is 0.534. The van der Waals surface area contributed by atoms with Crippen molar-refractivity contribution in [2.45, 2.75) is 37.8 Å². The van der Waals surface area contributed by atoms with Gasteiger partial charge in [0.05, 0.1) is 6.10 Å². The maximum absolute atomic E-state index is 10.8. The van der Waals surface area contributed by atoms with Crippen LogP contribution in [0.15, 0.2) is 77.6 Å². The molecule has 5 heteroatoms. The van der Waals surface area contributed by atoms with Gasteiger partial charge in [-0.25, -0.2) is 0 Å². The van der Waals surface area contributed by atoms with E-state index in [1.54, 1.807) is 0 Å². The highest BCUT2D eigenvalue weighted by molar-refractivity contribution is 5.42. The van der Waals surface area contributed by atoms with E-state index in [4.69, 9.17) is 9.78 Å². The minimum atomic E-state index is -0.541. The number of nitrogens with zero attached hydrogens (tertiary/aromatic N) is 1. The first kappa shape index (κ1) is 21.1. The molecule has 2 heterocycles. The Morgan fingerprint density at radius 2 is 2.17 bits per heavy atom. The third-order valence-corrected chi connectivity index (χ3v) is 6.35. The fourth-order valence-corrected chi connectivity index (χ4v) is 4.66. The molecule has 3 aliphatic rings. The van der Waals surface area contributed by atoms with E-state index in [0.29, 0.717) is 6.61 Å². The van der Waals surface area contributed by atoms with Crippen molar-refractivity contribution in [1.82, 2.24) is 10.2 Å². The van der Waals surface area contributed by atoms with Crippen LogP contribution in [0.25, 0.3) is 0 Å². The summed E-state index contributed by atoms with van der Waals surface area (Å²) in [4.78, 5) is 13.4. The molecule has 2 aliphatic heterocycles. The number of aliphatic hydroxyl groups is 1. The lowest BCUT2D eigenvalue weighted by Gasteiger charge is -2.40. The molecule has 3 atom stereocenters. The van der Waals surface area contributed by atoms with E-state index in [2.05, 4.69) is 35.0 Å². The molecule has 2 N–H and O–H groups in total. The lowest BCUT2D eigenvalue weighted by molar-refractivity contribution is -0.260. The topological polar surface area (TPSA) is 54.0 Å². The SMILES string of the molecule is C=C(C)C(O)C(CCN1CCNCC1C1=C2CC=CC=C2OOC1)c1ccccc1. The van der Waals surface area contributed by atoms with Gasteiger partial charge in [0, 0.05) is 37.2 Å². The van der Waals surface area contributed by atoms with Crippen LogP contribution in [0.1, 0.15) is 31.2 Å². The molecule has 1 saturated heterocycles. The first-order chi connectivity index (χ1) is 14.6. The minimum Gasteiger partial charge on any atom is -0.388 e. The average molecular weight is 409 g/mol. The Bertz CT molecular complexity index is 843. The van der Waals surface area contributed by atoms with Gasteiger partial charge in [-0.3, -0.25) is 4.90 Å². The van der Waals surface area contributed by atoms with Crippen molar-refractivity contribution in [2.24, 2.45) is 0 Å². The molecule has 5 nitrogen and oxygen atoms in total. The Balaban J connectivity index is 1.53. The average Bonchev–Trinajstić information content (AvgIpc) is 2.79. The van der Waals surface area contributed by atoms with E-state index >= 15 is 0 Å². The van der Waals surface area contributed by atoms with E-state index in [9.17, 15) is 5.11 Å². The van der Waals surface area contributed by atoms with E-state index < -0.39 is 6.10 Å². The highest BCUT2D eigenvalue weighted by Crippen LogP contribution is 2.33. The van der Waals surface area contributed by atoms with Crippen LogP contribution < -0.4 is 5.32 Å². The molecule has 0 bridgehead atoms. The largest absolute Gasteiger partial charge is 0.388 e. The number of nitrogens with one attached hydrogen (secondary N) is 1. The highest BCUT2D eigenvalue weighted by atomic mass is 17.2. The second-order valence-electron chi connectivity index (χ2n) is 8.37. The van der Waals surface area contributed by atoms with Crippen LogP contribution in [-0.2, 0) is 9.78 Å². The Kier molecular flexibility index (Phi) is 6.85. The van der Waals surface area contributed by atoms with Gasteiger partial charge in [0.15, 0.2) is 5.76 Å². The smallest absolute Gasteiger partial charge is 0.169 e. The fourth-order valence-electron chi connectivity index (χ4n) is 4.66. The van der Waals surface area contributed by atoms with Crippen molar-refractivity contribution >= 4 is 0 Å². The molecule has 160 valence electrons. The molecule has 1 fully saturated rings. The lowest BCUT2D eigenvalue weighted by Crippen LogP contribution is -2.53. The summed E-state index contributed by atoms with van der Waals surface area (Å²) >= 11 is 0. The second-order valence-corrected chi connectivity index (χ2v) is 8.37. The Morgan fingerprint density at radius 3 is 2.97 bits per heavy atom. The Morgan fingerprint density at radius 1 is 1.33 bits per heavy atom. The van der Waals surface area contributed by atoms with Crippen molar-refractivity contribution in [3.05, 3.63) is 83.2 Å². The normalized spacial score (nSPS) is 23.9. The summed E-state index contributed by atoms with van der Waals surface area (Å²) in [5.41, 5.74) is 4.54. The van der Waals surface area contributed by atoms with Crippen molar-refractivity contribution in [3.8, 4) is 0 Å². The molecule has 0 spiro atoms. The number of benzene rings is 1. The van der Waals surface area contributed by atoms with Crippen LogP contribution in [0, 0.1) is 0 Å². The van der Waals surface area contributed by atoms with Gasteiger partial charge in [0.1, 0.15) is 6.61 Å². The van der Waals surface area contributed by atoms with E-state index in [-0.39, 0.29) is 12.0 Å². The van der Waals surface area contributed by atoms with Crippen molar-refractivity contribution in [2.75, 3.05) is 32.8 Å². The first-order valence-electron chi connectivity index (χ1n) is 10.9. The minimum absolute atomic E-state index is 0.0379. The molecule has 0 aromatic heterocycles. The summed E-state index contributed by atoms with van der Waals surface area (Å²) in [6.45, 7) is 10.2. The third kappa shape index (κ3) is 4.60. The number of fused-ring (bicyclic) bond motifs is 1. The Hall–Kier alpha value is -2.18. The number of hydrogen-bond acceptors (Lipinski definition) is 5. The van der Waals surface area contributed by atoms with Gasteiger partial charge in [-0.1, -0.05) is 54.6 Å². The van der Waals surface area contributed by atoms with Gasteiger partial charge in [0.2, 0.25) is 0 Å².